The number of hydrogen-bond donors (Lipinski definition) is 0. The predicted molar refractivity (Wildman–Crippen MR) is 55.6 cm³/mol. The highest BCUT2D eigenvalue weighted by atomic mass is 14.8. The highest BCUT2D eigenvalue weighted by Gasteiger charge is 2.79. The van der Waals surface area contributed by atoms with Crippen molar-refractivity contribution in [3.05, 3.63) is 0 Å². The maximum atomic E-state index is 2.41. The van der Waals surface area contributed by atoms with E-state index in [9.17, 15) is 0 Å². The Morgan fingerprint density at radius 1 is 0.786 bits per heavy atom. The van der Waals surface area contributed by atoms with Gasteiger partial charge >= 0.3 is 0 Å². The molecule has 0 aromatic rings. The van der Waals surface area contributed by atoms with Gasteiger partial charge in [0.05, 0.1) is 0 Å². The molecule has 0 bridgehead atoms. The van der Waals surface area contributed by atoms with Gasteiger partial charge in [-0.05, 0) is 72.5 Å². The lowest BCUT2D eigenvalue weighted by Gasteiger charge is -2.85. The van der Waals surface area contributed by atoms with E-state index in [1.54, 1.807) is 19.3 Å². The minimum Gasteiger partial charge on any atom is -0.0651 e. The minimum atomic E-state index is 1.17. The van der Waals surface area contributed by atoms with Crippen LogP contribution in [0.25, 0.3) is 0 Å². The van der Waals surface area contributed by atoms with Crippen LogP contribution >= 0.6 is 0 Å². The topological polar surface area (TPSA) is 0 Å². The average Bonchev–Trinajstić information content (AvgIpc) is 2.13. The van der Waals surface area contributed by atoms with Crippen molar-refractivity contribution in [3.8, 4) is 0 Å². The Hall–Kier alpha value is 0. The van der Waals surface area contributed by atoms with Crippen molar-refractivity contribution in [2.75, 3.05) is 0 Å². The van der Waals surface area contributed by atoms with Gasteiger partial charge in [-0.25, -0.2) is 0 Å². The molecule has 5 saturated carbocycles. The molecule has 5 aliphatic rings. The molecule has 0 saturated heterocycles. The Kier molecular flexibility index (Phi) is 1.02. The van der Waals surface area contributed by atoms with Gasteiger partial charge in [0.2, 0.25) is 0 Å². The Labute approximate surface area is 86.5 Å². The summed E-state index contributed by atoms with van der Waals surface area (Å²) in [5.74, 6) is 11.2. The van der Waals surface area contributed by atoms with Gasteiger partial charge < -0.3 is 0 Å². The second kappa shape index (κ2) is 1.95. The Bertz CT molecular complexity index is 290. The summed E-state index contributed by atoms with van der Waals surface area (Å²) in [7, 11) is 0. The van der Waals surface area contributed by atoms with Crippen LogP contribution in [0.2, 0.25) is 0 Å². The van der Waals surface area contributed by atoms with Crippen molar-refractivity contribution in [2.45, 2.75) is 32.6 Å². The van der Waals surface area contributed by atoms with E-state index in [1.807, 2.05) is 0 Å². The first-order valence-electron chi connectivity index (χ1n) is 6.92. The second-order valence-corrected chi connectivity index (χ2v) is 6.86. The van der Waals surface area contributed by atoms with Crippen LogP contribution in [0, 0.1) is 53.3 Å². The third-order valence-corrected chi connectivity index (χ3v) is 7.23. The first kappa shape index (κ1) is 7.30. The summed E-state index contributed by atoms with van der Waals surface area (Å²) in [6.45, 7) is 2.41. The average molecular weight is 188 g/mol. The molecule has 0 amide bonds. The summed E-state index contributed by atoms with van der Waals surface area (Å²) in [4.78, 5) is 0. The van der Waals surface area contributed by atoms with Crippen LogP contribution < -0.4 is 0 Å². The molecule has 0 aromatic heterocycles. The van der Waals surface area contributed by atoms with Gasteiger partial charge in [0.1, 0.15) is 0 Å². The highest BCUT2D eigenvalue weighted by Crippen LogP contribution is 2.84. The molecule has 0 heteroatoms. The van der Waals surface area contributed by atoms with Crippen LogP contribution in [-0.4, -0.2) is 0 Å². The van der Waals surface area contributed by atoms with Crippen molar-refractivity contribution in [1.29, 1.82) is 0 Å². The SMILES string of the molecule is CCC1C[C@@H]2[C@H]1[C@@H]1[C@H]2[C@H]2[C@@H]3CC[C@@H]3[C@H]21. The summed E-state index contributed by atoms with van der Waals surface area (Å²) >= 11 is 0. The maximum absolute atomic E-state index is 2.41. The fraction of sp³-hybridized carbons (Fsp3) is 1.00. The monoisotopic (exact) mass is 188 g/mol. The Morgan fingerprint density at radius 2 is 1.43 bits per heavy atom. The van der Waals surface area contributed by atoms with E-state index in [4.69, 9.17) is 0 Å². The third kappa shape index (κ3) is 0.480. The van der Waals surface area contributed by atoms with E-state index >= 15 is 0 Å². The molecule has 0 spiro atoms. The lowest BCUT2D eigenvalue weighted by atomic mass is 9.20. The molecule has 14 heavy (non-hydrogen) atoms. The second-order valence-electron chi connectivity index (χ2n) is 6.86. The van der Waals surface area contributed by atoms with E-state index in [-0.39, 0.29) is 0 Å². The van der Waals surface area contributed by atoms with Gasteiger partial charge in [0.15, 0.2) is 0 Å². The molecule has 5 aliphatic carbocycles. The zero-order valence-electron chi connectivity index (χ0n) is 9.02. The van der Waals surface area contributed by atoms with E-state index in [0.717, 1.165) is 0 Å². The first-order valence-corrected chi connectivity index (χ1v) is 6.92. The minimum absolute atomic E-state index is 1.17. The van der Waals surface area contributed by atoms with Gasteiger partial charge in [-0.1, -0.05) is 13.3 Å². The fourth-order valence-corrected chi connectivity index (χ4v) is 6.59. The van der Waals surface area contributed by atoms with E-state index in [2.05, 4.69) is 6.92 Å². The van der Waals surface area contributed by atoms with Crippen LogP contribution in [0.3, 0.4) is 0 Å². The smallest absolute Gasteiger partial charge is 0.0312 e. The maximum Gasteiger partial charge on any atom is -0.0312 e. The quantitative estimate of drug-likeness (QED) is 0.554. The van der Waals surface area contributed by atoms with Crippen molar-refractivity contribution in [1.82, 2.24) is 0 Å². The van der Waals surface area contributed by atoms with Gasteiger partial charge in [-0.3, -0.25) is 0 Å². The van der Waals surface area contributed by atoms with Crippen LogP contribution in [-0.2, 0) is 0 Å². The molecule has 0 aliphatic heterocycles. The zero-order chi connectivity index (χ0) is 9.02. The van der Waals surface area contributed by atoms with Crippen LogP contribution in [0.15, 0.2) is 0 Å². The number of fused-ring (bicyclic) bond motifs is 10. The predicted octanol–water partition coefficient (Wildman–Crippen LogP) is 3.18. The molecule has 0 N–H and O–H groups in total. The standard InChI is InChI=1S/C14H20/c1-2-6-5-9-10(6)14-12-8-4-3-7(8)11(12)13(9)14/h6-14H,2-5H2,1H3/t6?,7-,8+,9-,10+,11+,12-,13-,14+/m1/s1. The molecule has 5 fully saturated rings. The van der Waals surface area contributed by atoms with E-state index in [0.29, 0.717) is 0 Å². The summed E-state index contributed by atoms with van der Waals surface area (Å²) in [6.07, 6.45) is 6.34. The van der Waals surface area contributed by atoms with Gasteiger partial charge in [0.25, 0.3) is 0 Å². The molecule has 0 nitrogen and oxygen atoms in total. The van der Waals surface area contributed by atoms with Gasteiger partial charge in [-0.2, -0.15) is 0 Å². The molecule has 0 aromatic carbocycles. The molecule has 1 unspecified atom stereocenters. The van der Waals surface area contributed by atoms with Crippen LogP contribution in [0.5, 0.6) is 0 Å². The molecular weight excluding hydrogens is 168 g/mol. The van der Waals surface area contributed by atoms with E-state index in [1.165, 1.54) is 59.7 Å². The number of rotatable bonds is 1. The van der Waals surface area contributed by atoms with E-state index < -0.39 is 0 Å². The van der Waals surface area contributed by atoms with Gasteiger partial charge in [-0.15, -0.1) is 0 Å². The summed E-state index contributed by atoms with van der Waals surface area (Å²) in [5, 5.41) is 0. The lowest BCUT2D eigenvalue weighted by molar-refractivity contribution is -0.375. The molecular formula is C14H20. The zero-order valence-corrected chi connectivity index (χ0v) is 9.02. The Morgan fingerprint density at radius 3 is 2.07 bits per heavy atom. The first-order chi connectivity index (χ1) is 6.92. The summed E-state index contributed by atoms with van der Waals surface area (Å²) in [5.41, 5.74) is 0. The van der Waals surface area contributed by atoms with Gasteiger partial charge in [0, 0.05) is 0 Å². The van der Waals surface area contributed by atoms with Crippen molar-refractivity contribution < 1.29 is 0 Å². The van der Waals surface area contributed by atoms with Crippen LogP contribution in [0.1, 0.15) is 32.6 Å². The van der Waals surface area contributed by atoms with Crippen molar-refractivity contribution >= 4 is 0 Å². The highest BCUT2D eigenvalue weighted by molar-refractivity contribution is 5.26. The largest absolute Gasteiger partial charge is 0.0651 e. The fourth-order valence-electron chi connectivity index (χ4n) is 6.59. The molecule has 5 rings (SSSR count). The van der Waals surface area contributed by atoms with Crippen molar-refractivity contribution in [3.63, 3.8) is 0 Å². The molecule has 9 atom stereocenters. The molecule has 0 heterocycles. The Balaban J connectivity index is 1.43. The summed E-state index contributed by atoms with van der Waals surface area (Å²) < 4.78 is 0. The normalized spacial score (nSPS) is 75.6. The molecule has 0 radical (unpaired) electrons. The summed E-state index contributed by atoms with van der Waals surface area (Å²) in [6, 6.07) is 0. The third-order valence-electron chi connectivity index (χ3n) is 7.23. The number of hydrogen-bond acceptors (Lipinski definition) is 0. The molecule has 76 valence electrons. The lowest BCUT2D eigenvalue weighted by Crippen LogP contribution is -2.80. The van der Waals surface area contributed by atoms with Crippen molar-refractivity contribution in [2.24, 2.45) is 53.3 Å². The van der Waals surface area contributed by atoms with Crippen LogP contribution in [0.4, 0.5) is 0 Å².